The van der Waals surface area contributed by atoms with Gasteiger partial charge in [0.15, 0.2) is 11.5 Å². The molecule has 4 aromatic carbocycles. The molecule has 0 saturated carbocycles. The summed E-state index contributed by atoms with van der Waals surface area (Å²) in [5, 5.41) is 4.65. The van der Waals surface area contributed by atoms with Crippen molar-refractivity contribution in [2.75, 3.05) is 0 Å². The first-order valence-corrected chi connectivity index (χ1v) is 20.9. The Balaban J connectivity index is 1.22. The van der Waals surface area contributed by atoms with Gasteiger partial charge in [-0.3, -0.25) is 0 Å². The zero-order chi connectivity index (χ0) is 33.4. The van der Waals surface area contributed by atoms with E-state index in [9.17, 15) is 4.89 Å². The van der Waals surface area contributed by atoms with Gasteiger partial charge in [-0.25, -0.2) is 0 Å². The molecule has 3 nitrogen and oxygen atoms in total. The first kappa shape index (κ1) is 36.7. The van der Waals surface area contributed by atoms with Crippen LogP contribution in [-0.4, -0.2) is 0 Å². The van der Waals surface area contributed by atoms with Gasteiger partial charge in [-0.1, -0.05) is 178 Å². The van der Waals surface area contributed by atoms with Gasteiger partial charge >= 0.3 is 8.60 Å². The van der Waals surface area contributed by atoms with Crippen LogP contribution in [0.4, 0.5) is 0 Å². The Morgan fingerprint density at radius 3 is 1.17 bits per heavy atom. The van der Waals surface area contributed by atoms with E-state index in [-0.39, 0.29) is 0 Å². The van der Waals surface area contributed by atoms with Gasteiger partial charge in [-0.15, -0.1) is 0 Å². The number of aryl methyl sites for hydroxylation is 2. The summed E-state index contributed by atoms with van der Waals surface area (Å²) in [6, 6.07) is 21.9. The van der Waals surface area contributed by atoms with Crippen molar-refractivity contribution in [2.45, 2.75) is 155 Å². The third-order valence-electron chi connectivity index (χ3n) is 10.4. The number of unbranched alkanes of at least 4 members (excludes halogenated alkanes) is 18. The zero-order valence-electron chi connectivity index (χ0n) is 30.1. The Morgan fingerprint density at radius 2 is 0.792 bits per heavy atom. The van der Waals surface area contributed by atoms with Gasteiger partial charge in [0.05, 0.1) is 0 Å². The second kappa shape index (κ2) is 20.2. The third-order valence-corrected chi connectivity index (χ3v) is 11.1. The van der Waals surface area contributed by atoms with Gasteiger partial charge in [0, 0.05) is 11.1 Å². The Hall–Kier alpha value is -2.61. The standard InChI is InChI=1S/C44H61O3P/c1-3-5-7-9-11-13-15-17-19-21-23-35-25-29-39-37(33-35)27-31-41-43(39)44-40-30-26-36(24-22-20-18-16-14-12-10-8-6-4-2)34-38(40)28-32-42(44)47-48(45)46-41/h25-34,48H,3-24H2,1-2H3. The maximum Gasteiger partial charge on any atom is 0.319 e. The average molecular weight is 669 g/mol. The van der Waals surface area contributed by atoms with Crippen LogP contribution in [0.1, 0.15) is 153 Å². The Bertz CT molecular complexity index is 1430. The lowest BCUT2D eigenvalue weighted by molar-refractivity contribution is -0.188. The summed E-state index contributed by atoms with van der Waals surface area (Å²) in [5.74, 6) is 1.30. The normalized spacial score (nSPS) is 12.9. The minimum atomic E-state index is -2.71. The van der Waals surface area contributed by atoms with Crippen molar-refractivity contribution in [3.63, 3.8) is 0 Å². The Morgan fingerprint density at radius 1 is 0.438 bits per heavy atom. The van der Waals surface area contributed by atoms with Gasteiger partial charge in [0.1, 0.15) is 0 Å². The first-order valence-electron chi connectivity index (χ1n) is 19.7. The fourth-order valence-corrected chi connectivity index (χ4v) is 8.29. The minimum absolute atomic E-state index is 0.648. The monoisotopic (exact) mass is 668 g/mol. The summed E-state index contributed by atoms with van der Waals surface area (Å²) in [6.45, 7) is 4.57. The van der Waals surface area contributed by atoms with E-state index in [1.165, 1.54) is 150 Å². The van der Waals surface area contributed by atoms with Crippen molar-refractivity contribution in [1.82, 2.24) is 0 Å². The average Bonchev–Trinajstić information content (AvgIpc) is 3.25. The predicted octanol–water partition coefficient (Wildman–Crippen LogP) is 13.7. The maximum atomic E-state index is 12.9. The van der Waals surface area contributed by atoms with E-state index in [0.717, 1.165) is 34.7 Å². The summed E-state index contributed by atoms with van der Waals surface area (Å²) in [7, 11) is -2.71. The van der Waals surface area contributed by atoms with E-state index in [4.69, 9.17) is 9.05 Å². The van der Waals surface area contributed by atoms with Crippen molar-refractivity contribution in [3.8, 4) is 22.6 Å². The lowest BCUT2D eigenvalue weighted by Gasteiger charge is -2.14. The molecule has 0 bridgehead atoms. The summed E-state index contributed by atoms with van der Waals surface area (Å²) < 4.78 is 11.9. The second-order valence-corrected chi connectivity index (χ2v) is 15.2. The molecule has 1 aliphatic rings. The van der Waals surface area contributed by atoms with Crippen LogP contribution in [0.3, 0.4) is 0 Å². The molecule has 0 fully saturated rings. The van der Waals surface area contributed by atoms with Crippen LogP contribution in [-0.2, 0) is 12.8 Å². The molecule has 0 saturated heterocycles. The Labute approximate surface area is 292 Å². The highest BCUT2D eigenvalue weighted by atomic mass is 31.2. The summed E-state index contributed by atoms with van der Waals surface area (Å²) in [6.07, 6.45) is 29.4. The molecule has 1 aliphatic heterocycles. The predicted molar refractivity (Wildman–Crippen MR) is 208 cm³/mol. The molecule has 4 aromatic rings. The second-order valence-electron chi connectivity index (χ2n) is 14.3. The molecule has 1 heterocycles. The number of benzene rings is 4. The highest BCUT2D eigenvalue weighted by Gasteiger charge is 2.27. The molecule has 0 amide bonds. The molecular formula is C44H61O3P. The third kappa shape index (κ3) is 10.7. The molecule has 48 heavy (non-hydrogen) atoms. The van der Waals surface area contributed by atoms with Crippen molar-refractivity contribution in [1.29, 1.82) is 0 Å². The molecule has 260 valence electrons. The molecule has 0 atom stereocenters. The molecule has 0 aliphatic carbocycles. The minimum Gasteiger partial charge on any atom is -0.618 e. The summed E-state index contributed by atoms with van der Waals surface area (Å²) >= 11 is 0. The first-order chi connectivity index (χ1) is 23.7. The number of fused-ring (bicyclic) bond motifs is 7. The SMILES string of the molecule is CCCCCCCCCCCCc1ccc2c3c(ccc2c1)O[PH+]([O-])Oc1ccc2cc(CCCCCCCCCCCC)ccc2c1-3. The van der Waals surface area contributed by atoms with E-state index in [1.807, 2.05) is 12.1 Å². The summed E-state index contributed by atoms with van der Waals surface area (Å²) in [5.41, 5.74) is 4.76. The molecule has 0 unspecified atom stereocenters. The smallest absolute Gasteiger partial charge is 0.319 e. The summed E-state index contributed by atoms with van der Waals surface area (Å²) in [4.78, 5) is 12.9. The van der Waals surface area contributed by atoms with Gasteiger partial charge in [0.25, 0.3) is 0 Å². The highest BCUT2D eigenvalue weighted by molar-refractivity contribution is 7.40. The van der Waals surface area contributed by atoms with Crippen molar-refractivity contribution in [2.24, 2.45) is 0 Å². The quantitative estimate of drug-likeness (QED) is 0.0618. The molecule has 4 heteroatoms. The fourth-order valence-electron chi connectivity index (χ4n) is 7.55. The van der Waals surface area contributed by atoms with Gasteiger partial charge in [0.2, 0.25) is 0 Å². The highest BCUT2D eigenvalue weighted by Crippen LogP contribution is 2.52. The van der Waals surface area contributed by atoms with Gasteiger partial charge in [-0.05, 0) is 70.5 Å². The molecule has 0 aromatic heterocycles. The van der Waals surface area contributed by atoms with Crippen LogP contribution in [0.25, 0.3) is 32.7 Å². The van der Waals surface area contributed by atoms with Crippen LogP contribution in [0, 0.1) is 0 Å². The van der Waals surface area contributed by atoms with E-state index < -0.39 is 8.60 Å². The van der Waals surface area contributed by atoms with E-state index in [1.54, 1.807) is 0 Å². The molecule has 0 spiro atoms. The van der Waals surface area contributed by atoms with Crippen LogP contribution >= 0.6 is 8.60 Å². The van der Waals surface area contributed by atoms with Gasteiger partial charge < -0.3 is 13.9 Å². The van der Waals surface area contributed by atoms with Crippen LogP contribution in [0.5, 0.6) is 11.5 Å². The zero-order valence-corrected chi connectivity index (χ0v) is 31.1. The number of hydrogen-bond donors (Lipinski definition) is 0. The molecule has 0 N–H and O–H groups in total. The molecule has 5 rings (SSSR count). The van der Waals surface area contributed by atoms with E-state index >= 15 is 0 Å². The number of rotatable bonds is 22. The topological polar surface area (TPSA) is 41.5 Å². The Kier molecular flexibility index (Phi) is 15.4. The number of hydrogen-bond acceptors (Lipinski definition) is 3. The van der Waals surface area contributed by atoms with E-state index in [2.05, 4.69) is 62.4 Å². The maximum absolute atomic E-state index is 12.9. The lowest BCUT2D eigenvalue weighted by atomic mass is 9.90. The molecular weight excluding hydrogens is 607 g/mol. The molecule has 0 radical (unpaired) electrons. The largest absolute Gasteiger partial charge is 0.618 e. The van der Waals surface area contributed by atoms with Gasteiger partial charge in [-0.2, -0.15) is 0 Å². The van der Waals surface area contributed by atoms with Crippen LogP contribution in [0.2, 0.25) is 0 Å². The fraction of sp³-hybridized carbons (Fsp3) is 0.545. The van der Waals surface area contributed by atoms with E-state index in [0.29, 0.717) is 11.5 Å². The van der Waals surface area contributed by atoms with Crippen molar-refractivity contribution >= 4 is 30.1 Å². The lowest BCUT2D eigenvalue weighted by Crippen LogP contribution is -2.06. The van der Waals surface area contributed by atoms with Crippen LogP contribution in [0.15, 0.2) is 60.7 Å². The van der Waals surface area contributed by atoms with Crippen molar-refractivity contribution in [3.05, 3.63) is 71.8 Å². The van der Waals surface area contributed by atoms with Crippen LogP contribution < -0.4 is 13.9 Å². The van der Waals surface area contributed by atoms with Crippen molar-refractivity contribution < 1.29 is 13.9 Å².